The summed E-state index contributed by atoms with van der Waals surface area (Å²) in [5.41, 5.74) is 1.19. The molecule has 0 radical (unpaired) electrons. The van der Waals surface area contributed by atoms with Gasteiger partial charge in [-0.3, -0.25) is 0 Å². The van der Waals surface area contributed by atoms with Gasteiger partial charge in [-0.2, -0.15) is 18.4 Å². The molecule has 1 aromatic heterocycles. The lowest BCUT2D eigenvalue weighted by Gasteiger charge is -2.21. The van der Waals surface area contributed by atoms with Crippen molar-refractivity contribution in [2.75, 3.05) is 5.32 Å². The molecule has 2 amide bonds. The minimum absolute atomic E-state index is 0.390. The summed E-state index contributed by atoms with van der Waals surface area (Å²) < 4.78 is 38.8. The molecule has 24 heavy (non-hydrogen) atoms. The minimum Gasteiger partial charge on any atom is -0.326 e. The van der Waals surface area contributed by atoms with Gasteiger partial charge in [0.2, 0.25) is 0 Å². The van der Waals surface area contributed by atoms with Crippen molar-refractivity contribution < 1.29 is 18.0 Å². The van der Waals surface area contributed by atoms with Gasteiger partial charge in [-0.1, -0.05) is 17.3 Å². The zero-order chi connectivity index (χ0) is 17.2. The number of hydrogen-bond donors (Lipinski definition) is 3. The highest BCUT2D eigenvalue weighted by Crippen LogP contribution is 2.40. The molecule has 0 bridgehead atoms. The summed E-state index contributed by atoms with van der Waals surface area (Å²) in [5, 5.41) is 17.9. The molecule has 10 heteroatoms. The number of halogens is 3. The average Bonchev–Trinajstić information content (AvgIpc) is 3.21. The van der Waals surface area contributed by atoms with E-state index in [0.29, 0.717) is 30.8 Å². The standard InChI is InChI=1S/C14H15F3N6O/c15-14(16,17)12(9-4-5-9)19-13(24)18-10-3-1-2-8(6-10)7-11-20-22-23-21-11/h1-3,6,9,12H,4-5,7H2,(H2,18,19,24)(H,20,21,22,23)/t12-/m1/s1. The summed E-state index contributed by atoms with van der Waals surface area (Å²) >= 11 is 0. The number of carbonyl (C=O) groups is 1. The number of anilines is 1. The Morgan fingerprint density at radius 2 is 2.17 bits per heavy atom. The number of aromatic amines is 1. The van der Waals surface area contributed by atoms with Gasteiger partial charge in [0.25, 0.3) is 0 Å². The van der Waals surface area contributed by atoms with Crippen molar-refractivity contribution in [3.63, 3.8) is 0 Å². The number of tetrazole rings is 1. The maximum Gasteiger partial charge on any atom is 0.408 e. The second kappa shape index (κ2) is 6.46. The molecule has 1 atom stereocenters. The molecule has 1 aliphatic carbocycles. The van der Waals surface area contributed by atoms with Crippen molar-refractivity contribution in [1.29, 1.82) is 0 Å². The van der Waals surface area contributed by atoms with Crippen LogP contribution in [0.5, 0.6) is 0 Å². The summed E-state index contributed by atoms with van der Waals surface area (Å²) in [4.78, 5) is 11.9. The Hall–Kier alpha value is -2.65. The van der Waals surface area contributed by atoms with E-state index in [2.05, 4.69) is 25.9 Å². The van der Waals surface area contributed by atoms with Crippen LogP contribution in [0.1, 0.15) is 24.2 Å². The fraction of sp³-hybridized carbons (Fsp3) is 0.429. The first-order valence-electron chi connectivity index (χ1n) is 7.37. The molecule has 0 saturated heterocycles. The number of nitrogens with zero attached hydrogens (tertiary/aromatic N) is 3. The van der Waals surface area contributed by atoms with Crippen LogP contribution in [0.3, 0.4) is 0 Å². The van der Waals surface area contributed by atoms with E-state index in [0.717, 1.165) is 5.56 Å². The molecular weight excluding hydrogens is 325 g/mol. The molecule has 1 heterocycles. The summed E-state index contributed by atoms with van der Waals surface area (Å²) in [6.45, 7) is 0. The van der Waals surface area contributed by atoms with Crippen LogP contribution in [0.15, 0.2) is 24.3 Å². The highest BCUT2D eigenvalue weighted by molar-refractivity contribution is 5.89. The van der Waals surface area contributed by atoms with E-state index in [1.807, 2.05) is 5.32 Å². The van der Waals surface area contributed by atoms with Gasteiger partial charge in [0.1, 0.15) is 6.04 Å². The van der Waals surface area contributed by atoms with Gasteiger partial charge >= 0.3 is 12.2 Å². The third kappa shape index (κ3) is 4.21. The van der Waals surface area contributed by atoms with E-state index in [4.69, 9.17) is 0 Å². The van der Waals surface area contributed by atoms with Gasteiger partial charge in [-0.05, 0) is 36.5 Å². The summed E-state index contributed by atoms with van der Waals surface area (Å²) in [5.74, 6) is -0.0530. The summed E-state index contributed by atoms with van der Waals surface area (Å²) in [6.07, 6.45) is -3.10. The molecule has 2 aromatic rings. The molecular formula is C14H15F3N6O. The van der Waals surface area contributed by atoms with E-state index in [9.17, 15) is 18.0 Å². The Morgan fingerprint density at radius 1 is 1.38 bits per heavy atom. The minimum atomic E-state index is -4.45. The topological polar surface area (TPSA) is 95.6 Å². The lowest BCUT2D eigenvalue weighted by atomic mass is 10.1. The van der Waals surface area contributed by atoms with Crippen molar-refractivity contribution in [3.05, 3.63) is 35.7 Å². The maximum atomic E-state index is 12.9. The first-order valence-corrected chi connectivity index (χ1v) is 7.37. The van der Waals surface area contributed by atoms with E-state index in [-0.39, 0.29) is 0 Å². The van der Waals surface area contributed by atoms with E-state index in [1.165, 1.54) is 0 Å². The molecule has 1 aromatic carbocycles. The van der Waals surface area contributed by atoms with Crippen molar-refractivity contribution in [2.45, 2.75) is 31.5 Å². The normalized spacial score (nSPS) is 15.8. The molecule has 1 fully saturated rings. The maximum absolute atomic E-state index is 12.9. The second-order valence-electron chi connectivity index (χ2n) is 5.66. The van der Waals surface area contributed by atoms with Crippen LogP contribution in [0.2, 0.25) is 0 Å². The highest BCUT2D eigenvalue weighted by Gasteiger charge is 2.49. The van der Waals surface area contributed by atoms with Crippen LogP contribution in [-0.4, -0.2) is 38.9 Å². The van der Waals surface area contributed by atoms with Crippen LogP contribution in [0, 0.1) is 5.92 Å². The number of urea groups is 1. The molecule has 3 N–H and O–H groups in total. The first-order chi connectivity index (χ1) is 11.4. The number of alkyl halides is 3. The third-order valence-electron chi connectivity index (χ3n) is 3.67. The predicted molar refractivity (Wildman–Crippen MR) is 78.1 cm³/mol. The Morgan fingerprint density at radius 3 is 2.79 bits per heavy atom. The monoisotopic (exact) mass is 340 g/mol. The smallest absolute Gasteiger partial charge is 0.326 e. The molecule has 0 spiro atoms. The van der Waals surface area contributed by atoms with Crippen molar-refractivity contribution in [1.82, 2.24) is 25.9 Å². The van der Waals surface area contributed by atoms with Crippen molar-refractivity contribution >= 4 is 11.7 Å². The van der Waals surface area contributed by atoms with E-state index >= 15 is 0 Å². The van der Waals surface area contributed by atoms with Crippen LogP contribution in [0.25, 0.3) is 0 Å². The SMILES string of the molecule is O=C(Nc1cccc(Cc2nn[nH]n2)c1)N[C@H](C1CC1)C(F)(F)F. The second-order valence-corrected chi connectivity index (χ2v) is 5.66. The van der Waals surface area contributed by atoms with Gasteiger partial charge in [0.15, 0.2) is 5.82 Å². The largest absolute Gasteiger partial charge is 0.408 e. The third-order valence-corrected chi connectivity index (χ3v) is 3.67. The zero-order valence-corrected chi connectivity index (χ0v) is 12.5. The number of nitrogens with one attached hydrogen (secondary N) is 3. The van der Waals surface area contributed by atoms with Gasteiger partial charge in [0, 0.05) is 12.1 Å². The Balaban J connectivity index is 1.61. The van der Waals surface area contributed by atoms with Gasteiger partial charge in [-0.25, -0.2) is 4.79 Å². The molecule has 3 rings (SSSR count). The lowest BCUT2D eigenvalue weighted by Crippen LogP contribution is -2.48. The molecule has 0 aliphatic heterocycles. The van der Waals surface area contributed by atoms with Gasteiger partial charge in [-0.15, -0.1) is 10.2 Å². The van der Waals surface area contributed by atoms with E-state index < -0.39 is 24.2 Å². The number of rotatable bonds is 5. The fourth-order valence-electron chi connectivity index (χ4n) is 2.40. The number of amides is 2. The number of aromatic nitrogens is 4. The number of hydrogen-bond acceptors (Lipinski definition) is 4. The molecule has 128 valence electrons. The highest BCUT2D eigenvalue weighted by atomic mass is 19.4. The lowest BCUT2D eigenvalue weighted by molar-refractivity contribution is -0.157. The summed E-state index contributed by atoms with van der Waals surface area (Å²) in [6, 6.07) is 4.05. The predicted octanol–water partition coefficient (Wildman–Crippen LogP) is 2.25. The molecule has 1 aliphatic rings. The molecule has 7 nitrogen and oxygen atoms in total. The Labute approximate surface area is 135 Å². The van der Waals surface area contributed by atoms with Crippen LogP contribution in [-0.2, 0) is 6.42 Å². The quantitative estimate of drug-likeness (QED) is 0.778. The zero-order valence-electron chi connectivity index (χ0n) is 12.5. The van der Waals surface area contributed by atoms with Gasteiger partial charge < -0.3 is 10.6 Å². The molecule has 1 saturated carbocycles. The summed E-state index contributed by atoms with van der Waals surface area (Å²) in [7, 11) is 0. The number of H-pyrrole nitrogens is 1. The Bertz CT molecular complexity index is 699. The van der Waals surface area contributed by atoms with Crippen LogP contribution >= 0.6 is 0 Å². The van der Waals surface area contributed by atoms with Crippen LogP contribution in [0.4, 0.5) is 23.7 Å². The van der Waals surface area contributed by atoms with Gasteiger partial charge in [0.05, 0.1) is 0 Å². The Kier molecular flexibility index (Phi) is 4.36. The first kappa shape index (κ1) is 16.2. The van der Waals surface area contributed by atoms with E-state index in [1.54, 1.807) is 24.3 Å². The average molecular weight is 340 g/mol. The van der Waals surface area contributed by atoms with Crippen molar-refractivity contribution in [3.8, 4) is 0 Å². The van der Waals surface area contributed by atoms with Crippen LogP contribution < -0.4 is 10.6 Å². The number of benzene rings is 1. The number of carbonyl (C=O) groups excluding carboxylic acids is 1. The molecule has 0 unspecified atom stereocenters. The fourth-order valence-corrected chi connectivity index (χ4v) is 2.40. The van der Waals surface area contributed by atoms with Crippen molar-refractivity contribution in [2.24, 2.45) is 5.92 Å².